The van der Waals surface area contributed by atoms with Gasteiger partial charge in [-0.1, -0.05) is 30.3 Å². The van der Waals surface area contributed by atoms with E-state index in [-0.39, 0.29) is 35.9 Å². The van der Waals surface area contributed by atoms with E-state index in [1.165, 1.54) is 18.2 Å². The predicted molar refractivity (Wildman–Crippen MR) is 82.2 cm³/mol. The normalized spacial score (nSPS) is 19.2. The Labute approximate surface area is 137 Å². The first-order valence-electron chi connectivity index (χ1n) is 7.60. The molecule has 0 heterocycles. The molecule has 0 aliphatic heterocycles. The Morgan fingerprint density at radius 1 is 1.17 bits per heavy atom. The molecule has 6 heteroatoms. The number of nitrogens with one attached hydrogen (secondary N) is 1. The van der Waals surface area contributed by atoms with Crippen molar-refractivity contribution >= 4 is 5.91 Å². The third kappa shape index (κ3) is 3.88. The molecule has 0 spiro atoms. The number of para-hydroxylation sites is 1. The first-order chi connectivity index (χ1) is 11.5. The zero-order valence-electron chi connectivity index (χ0n) is 12.7. The van der Waals surface area contributed by atoms with Crippen LogP contribution in [-0.4, -0.2) is 12.5 Å². The molecule has 1 aliphatic carbocycles. The molecule has 1 aliphatic rings. The van der Waals surface area contributed by atoms with E-state index in [1.54, 1.807) is 30.3 Å². The van der Waals surface area contributed by atoms with Gasteiger partial charge in [-0.2, -0.15) is 8.78 Å². The summed E-state index contributed by atoms with van der Waals surface area (Å²) in [4.78, 5) is 12.2. The zero-order valence-corrected chi connectivity index (χ0v) is 12.7. The Morgan fingerprint density at radius 2 is 1.88 bits per heavy atom. The fourth-order valence-electron chi connectivity index (χ4n) is 2.74. The van der Waals surface area contributed by atoms with Crippen LogP contribution in [0, 0.1) is 11.7 Å². The molecule has 1 N–H and O–H groups in total. The van der Waals surface area contributed by atoms with Gasteiger partial charge in [0.25, 0.3) is 0 Å². The Balaban J connectivity index is 1.56. The van der Waals surface area contributed by atoms with Crippen molar-refractivity contribution in [3.63, 3.8) is 0 Å². The van der Waals surface area contributed by atoms with E-state index in [0.717, 1.165) is 5.56 Å². The molecule has 0 unspecified atom stereocenters. The van der Waals surface area contributed by atoms with Crippen molar-refractivity contribution < 1.29 is 22.7 Å². The summed E-state index contributed by atoms with van der Waals surface area (Å²) in [6, 6.07) is 12.5. The second-order valence-electron chi connectivity index (χ2n) is 5.70. The van der Waals surface area contributed by atoms with Gasteiger partial charge in [0.1, 0.15) is 11.6 Å². The highest BCUT2D eigenvalue weighted by Gasteiger charge is 2.43. The SMILES string of the molecule is O=C(NCc1ccccc1OC(F)F)[C@H]1C[C@@H]1c1ccc(F)cc1. The van der Waals surface area contributed by atoms with Crippen molar-refractivity contribution in [3.05, 3.63) is 65.5 Å². The van der Waals surface area contributed by atoms with Crippen LogP contribution in [0.15, 0.2) is 48.5 Å². The molecular formula is C18H16F3NO2. The van der Waals surface area contributed by atoms with Crippen LogP contribution in [0.1, 0.15) is 23.5 Å². The first-order valence-corrected chi connectivity index (χ1v) is 7.60. The molecule has 0 bridgehead atoms. The summed E-state index contributed by atoms with van der Waals surface area (Å²) in [5, 5.41) is 2.75. The molecule has 126 valence electrons. The van der Waals surface area contributed by atoms with E-state index in [2.05, 4.69) is 10.1 Å². The summed E-state index contributed by atoms with van der Waals surface area (Å²) >= 11 is 0. The molecule has 1 fully saturated rings. The Morgan fingerprint density at radius 3 is 2.58 bits per heavy atom. The van der Waals surface area contributed by atoms with Crippen LogP contribution >= 0.6 is 0 Å². The number of hydrogen-bond donors (Lipinski definition) is 1. The van der Waals surface area contributed by atoms with Gasteiger partial charge in [-0.25, -0.2) is 4.39 Å². The van der Waals surface area contributed by atoms with Crippen LogP contribution in [0.25, 0.3) is 0 Å². The molecule has 2 aromatic rings. The lowest BCUT2D eigenvalue weighted by Gasteiger charge is -2.11. The topological polar surface area (TPSA) is 38.3 Å². The number of carbonyl (C=O) groups excluding carboxylic acids is 1. The lowest BCUT2D eigenvalue weighted by atomic mass is 10.1. The lowest BCUT2D eigenvalue weighted by molar-refractivity contribution is -0.122. The van der Waals surface area contributed by atoms with Gasteiger partial charge in [-0.05, 0) is 36.1 Å². The fraction of sp³-hybridized carbons (Fsp3) is 0.278. The van der Waals surface area contributed by atoms with Gasteiger partial charge in [0.15, 0.2) is 0 Å². The predicted octanol–water partition coefficient (Wildman–Crippen LogP) is 3.85. The Hall–Kier alpha value is -2.50. The second kappa shape index (κ2) is 6.95. The minimum atomic E-state index is -2.91. The van der Waals surface area contributed by atoms with E-state index in [4.69, 9.17) is 0 Å². The Bertz CT molecular complexity index is 718. The summed E-state index contributed by atoms with van der Waals surface area (Å²) < 4.78 is 42.1. The molecule has 3 rings (SSSR count). The van der Waals surface area contributed by atoms with E-state index >= 15 is 0 Å². The lowest BCUT2D eigenvalue weighted by Crippen LogP contribution is -2.25. The average molecular weight is 335 g/mol. The zero-order chi connectivity index (χ0) is 17.1. The summed E-state index contributed by atoms with van der Waals surface area (Å²) in [6.45, 7) is -2.79. The van der Waals surface area contributed by atoms with Gasteiger partial charge in [-0.3, -0.25) is 4.79 Å². The van der Waals surface area contributed by atoms with Crippen molar-refractivity contribution in [1.29, 1.82) is 0 Å². The summed E-state index contributed by atoms with van der Waals surface area (Å²) in [7, 11) is 0. The van der Waals surface area contributed by atoms with E-state index in [9.17, 15) is 18.0 Å². The molecule has 1 amide bonds. The number of alkyl halides is 2. The van der Waals surface area contributed by atoms with Crippen LogP contribution in [0.3, 0.4) is 0 Å². The van der Waals surface area contributed by atoms with E-state index < -0.39 is 6.61 Å². The number of ether oxygens (including phenoxy) is 1. The highest BCUT2D eigenvalue weighted by Crippen LogP contribution is 2.47. The van der Waals surface area contributed by atoms with Crippen molar-refractivity contribution in [2.75, 3.05) is 0 Å². The summed E-state index contributed by atoms with van der Waals surface area (Å²) in [5.74, 6) is -0.484. The van der Waals surface area contributed by atoms with Gasteiger partial charge in [0.2, 0.25) is 5.91 Å². The number of carbonyl (C=O) groups is 1. The molecule has 24 heavy (non-hydrogen) atoms. The van der Waals surface area contributed by atoms with Gasteiger partial charge < -0.3 is 10.1 Å². The van der Waals surface area contributed by atoms with Crippen LogP contribution in [-0.2, 0) is 11.3 Å². The number of hydrogen-bond acceptors (Lipinski definition) is 2. The fourth-order valence-corrected chi connectivity index (χ4v) is 2.74. The highest BCUT2D eigenvalue weighted by atomic mass is 19.3. The molecule has 2 aromatic carbocycles. The standard InChI is InChI=1S/C18H16F3NO2/c19-13-7-5-11(6-8-13)14-9-15(14)17(23)22-10-12-3-1-2-4-16(12)24-18(20)21/h1-8,14-15,18H,9-10H2,(H,22,23)/t14-,15+/m1/s1. The van der Waals surface area contributed by atoms with E-state index in [1.807, 2.05) is 0 Å². The number of benzene rings is 2. The minimum absolute atomic E-state index is 0.0543. The quantitative estimate of drug-likeness (QED) is 0.871. The number of halogens is 3. The van der Waals surface area contributed by atoms with E-state index in [0.29, 0.717) is 12.0 Å². The van der Waals surface area contributed by atoms with Gasteiger partial charge >= 0.3 is 6.61 Å². The molecular weight excluding hydrogens is 319 g/mol. The van der Waals surface area contributed by atoms with Crippen LogP contribution in [0.5, 0.6) is 5.75 Å². The monoisotopic (exact) mass is 335 g/mol. The first kappa shape index (κ1) is 16.4. The minimum Gasteiger partial charge on any atom is -0.434 e. The Kier molecular flexibility index (Phi) is 4.74. The highest BCUT2D eigenvalue weighted by molar-refractivity contribution is 5.82. The molecule has 2 atom stereocenters. The number of rotatable bonds is 6. The molecule has 0 aromatic heterocycles. The van der Waals surface area contributed by atoms with Crippen molar-refractivity contribution in [2.24, 2.45) is 5.92 Å². The maximum atomic E-state index is 12.9. The third-order valence-electron chi connectivity index (χ3n) is 4.07. The van der Waals surface area contributed by atoms with Gasteiger partial charge in [-0.15, -0.1) is 0 Å². The largest absolute Gasteiger partial charge is 0.434 e. The second-order valence-corrected chi connectivity index (χ2v) is 5.70. The van der Waals surface area contributed by atoms with Crippen LogP contribution < -0.4 is 10.1 Å². The van der Waals surface area contributed by atoms with Crippen LogP contribution in [0.4, 0.5) is 13.2 Å². The van der Waals surface area contributed by atoms with Gasteiger partial charge in [0, 0.05) is 18.0 Å². The third-order valence-corrected chi connectivity index (χ3v) is 4.07. The molecule has 0 saturated heterocycles. The summed E-state index contributed by atoms with van der Waals surface area (Å²) in [6.07, 6.45) is 0.701. The van der Waals surface area contributed by atoms with Gasteiger partial charge in [0.05, 0.1) is 0 Å². The molecule has 1 saturated carbocycles. The average Bonchev–Trinajstić information content (AvgIpc) is 3.34. The van der Waals surface area contributed by atoms with Crippen molar-refractivity contribution in [1.82, 2.24) is 5.32 Å². The smallest absolute Gasteiger partial charge is 0.387 e. The maximum Gasteiger partial charge on any atom is 0.387 e. The maximum absolute atomic E-state index is 12.9. The van der Waals surface area contributed by atoms with Crippen molar-refractivity contribution in [3.8, 4) is 5.75 Å². The number of amides is 1. The molecule has 3 nitrogen and oxygen atoms in total. The summed E-state index contributed by atoms with van der Waals surface area (Å²) in [5.41, 5.74) is 1.42. The van der Waals surface area contributed by atoms with Crippen molar-refractivity contribution in [2.45, 2.75) is 25.5 Å². The molecule has 0 radical (unpaired) electrons. The van der Waals surface area contributed by atoms with Crippen LogP contribution in [0.2, 0.25) is 0 Å².